The molecule has 0 spiro atoms. The van der Waals surface area contributed by atoms with Crippen LogP contribution in [0.15, 0.2) is 18.2 Å². The Morgan fingerprint density at radius 2 is 1.95 bits per heavy atom. The molecular formula is C11H7ClF3NO2S. The Morgan fingerprint density at radius 3 is 2.58 bits per heavy atom. The van der Waals surface area contributed by atoms with E-state index >= 15 is 0 Å². The highest BCUT2D eigenvalue weighted by molar-refractivity contribution is 8.00. The number of Topliss-reactive ketones (excluding diaryl/α,β-unsaturated/α-hetero) is 1. The molecule has 1 aromatic carbocycles. The van der Waals surface area contributed by atoms with Crippen LogP contribution in [0.2, 0.25) is 5.02 Å². The van der Waals surface area contributed by atoms with Crippen LogP contribution in [-0.2, 0) is 4.79 Å². The lowest BCUT2D eigenvalue weighted by Gasteiger charge is -2.16. The van der Waals surface area contributed by atoms with Crippen molar-refractivity contribution < 1.29 is 22.8 Å². The van der Waals surface area contributed by atoms with E-state index in [0.717, 1.165) is 4.90 Å². The standard InChI is InChI=1S/C11H7ClF3NO2S/c12-6-1-2-7-8(5-6)16(10(18)9(7)17)3-4-19-11(13,14)15/h1-2,5H,3-4H2. The lowest BCUT2D eigenvalue weighted by Crippen LogP contribution is -2.32. The number of carbonyl (C=O) groups is 2. The zero-order chi connectivity index (χ0) is 14.2. The molecule has 1 aliphatic rings. The predicted octanol–water partition coefficient (Wildman–Crippen LogP) is 3.12. The van der Waals surface area contributed by atoms with Gasteiger partial charge >= 0.3 is 5.51 Å². The molecule has 0 N–H and O–H groups in total. The molecule has 0 aromatic heterocycles. The monoisotopic (exact) mass is 309 g/mol. The van der Waals surface area contributed by atoms with Crippen LogP contribution in [0.3, 0.4) is 0 Å². The maximum absolute atomic E-state index is 12.0. The van der Waals surface area contributed by atoms with E-state index in [9.17, 15) is 22.8 Å². The summed E-state index contributed by atoms with van der Waals surface area (Å²) in [6, 6.07) is 4.26. The summed E-state index contributed by atoms with van der Waals surface area (Å²) in [7, 11) is 0. The average molecular weight is 310 g/mol. The Balaban J connectivity index is 2.16. The van der Waals surface area contributed by atoms with Crippen LogP contribution in [-0.4, -0.2) is 29.5 Å². The van der Waals surface area contributed by atoms with E-state index in [1.54, 1.807) is 0 Å². The molecule has 8 heteroatoms. The third-order valence-electron chi connectivity index (χ3n) is 2.52. The van der Waals surface area contributed by atoms with Gasteiger partial charge in [-0.1, -0.05) is 11.6 Å². The number of carbonyl (C=O) groups excluding carboxylic acids is 2. The third-order valence-corrected chi connectivity index (χ3v) is 3.46. The van der Waals surface area contributed by atoms with E-state index in [1.807, 2.05) is 0 Å². The van der Waals surface area contributed by atoms with Gasteiger partial charge in [0.15, 0.2) is 0 Å². The van der Waals surface area contributed by atoms with Crippen LogP contribution < -0.4 is 4.90 Å². The molecule has 0 unspecified atom stereocenters. The van der Waals surface area contributed by atoms with Crippen molar-refractivity contribution in [2.75, 3.05) is 17.2 Å². The normalized spacial score (nSPS) is 15.1. The second-order valence-electron chi connectivity index (χ2n) is 3.74. The first-order valence-electron chi connectivity index (χ1n) is 5.16. The van der Waals surface area contributed by atoms with Crippen molar-refractivity contribution in [1.29, 1.82) is 0 Å². The number of hydrogen-bond acceptors (Lipinski definition) is 3. The topological polar surface area (TPSA) is 37.4 Å². The summed E-state index contributed by atoms with van der Waals surface area (Å²) in [6.07, 6.45) is 0. The van der Waals surface area contributed by atoms with Gasteiger partial charge in [0.1, 0.15) is 0 Å². The first-order valence-corrected chi connectivity index (χ1v) is 6.52. The highest BCUT2D eigenvalue weighted by Crippen LogP contribution is 2.34. The molecular weight excluding hydrogens is 303 g/mol. The lowest BCUT2D eigenvalue weighted by atomic mass is 10.1. The van der Waals surface area contributed by atoms with Crippen molar-refractivity contribution >= 4 is 40.7 Å². The molecule has 0 saturated carbocycles. The van der Waals surface area contributed by atoms with Gasteiger partial charge in [0.25, 0.3) is 11.7 Å². The molecule has 0 saturated heterocycles. The summed E-state index contributed by atoms with van der Waals surface area (Å²) in [5.74, 6) is -1.88. The molecule has 0 atom stereocenters. The summed E-state index contributed by atoms with van der Waals surface area (Å²) >= 11 is 5.52. The van der Waals surface area contributed by atoms with E-state index in [1.165, 1.54) is 18.2 Å². The molecule has 102 valence electrons. The molecule has 0 bridgehead atoms. The van der Waals surface area contributed by atoms with Crippen molar-refractivity contribution in [2.24, 2.45) is 0 Å². The fourth-order valence-corrected chi connectivity index (χ4v) is 2.41. The minimum Gasteiger partial charge on any atom is -0.304 e. The summed E-state index contributed by atoms with van der Waals surface area (Å²) < 4.78 is 36.1. The van der Waals surface area contributed by atoms with Crippen molar-refractivity contribution in [3.8, 4) is 0 Å². The molecule has 2 rings (SSSR count). The zero-order valence-corrected chi connectivity index (χ0v) is 10.9. The highest BCUT2D eigenvalue weighted by atomic mass is 35.5. The smallest absolute Gasteiger partial charge is 0.304 e. The Bertz CT molecular complexity index is 547. The van der Waals surface area contributed by atoms with E-state index in [0.29, 0.717) is 5.02 Å². The van der Waals surface area contributed by atoms with Gasteiger partial charge in [-0.15, -0.1) is 0 Å². The van der Waals surface area contributed by atoms with Crippen LogP contribution in [0, 0.1) is 0 Å². The first-order chi connectivity index (χ1) is 8.79. The number of anilines is 1. The SMILES string of the molecule is O=C1C(=O)N(CCSC(F)(F)F)c2cc(Cl)ccc21. The fourth-order valence-electron chi connectivity index (χ4n) is 1.74. The van der Waals surface area contributed by atoms with E-state index in [-0.39, 0.29) is 35.3 Å². The van der Waals surface area contributed by atoms with Gasteiger partial charge in [-0.05, 0) is 30.0 Å². The van der Waals surface area contributed by atoms with E-state index in [4.69, 9.17) is 11.6 Å². The number of alkyl halides is 3. The Morgan fingerprint density at radius 1 is 1.26 bits per heavy atom. The van der Waals surface area contributed by atoms with Gasteiger partial charge in [0.05, 0.1) is 11.3 Å². The average Bonchev–Trinajstić information content (AvgIpc) is 2.52. The van der Waals surface area contributed by atoms with Crippen molar-refractivity contribution in [3.05, 3.63) is 28.8 Å². The molecule has 0 aliphatic carbocycles. The molecule has 1 aliphatic heterocycles. The van der Waals surface area contributed by atoms with Crippen molar-refractivity contribution in [2.45, 2.75) is 5.51 Å². The second kappa shape index (κ2) is 5.05. The Labute approximate surface area is 115 Å². The number of benzene rings is 1. The maximum atomic E-state index is 12.0. The molecule has 1 aromatic rings. The minimum atomic E-state index is -4.36. The zero-order valence-electron chi connectivity index (χ0n) is 9.33. The summed E-state index contributed by atoms with van der Waals surface area (Å²) in [5.41, 5.74) is -3.92. The van der Waals surface area contributed by atoms with Crippen LogP contribution in [0.25, 0.3) is 0 Å². The van der Waals surface area contributed by atoms with Crippen LogP contribution in [0.5, 0.6) is 0 Å². The summed E-state index contributed by atoms with van der Waals surface area (Å²) in [4.78, 5) is 24.3. The maximum Gasteiger partial charge on any atom is 0.441 e. The number of nitrogens with zero attached hydrogens (tertiary/aromatic N) is 1. The van der Waals surface area contributed by atoms with Crippen LogP contribution >= 0.6 is 23.4 Å². The van der Waals surface area contributed by atoms with Crippen LogP contribution in [0.1, 0.15) is 10.4 Å². The Hall–Kier alpha value is -1.21. The summed E-state index contributed by atoms with van der Waals surface area (Å²) in [6.45, 7) is -0.192. The number of thioether (sulfide) groups is 1. The largest absolute Gasteiger partial charge is 0.441 e. The van der Waals surface area contributed by atoms with Crippen LogP contribution in [0.4, 0.5) is 18.9 Å². The number of fused-ring (bicyclic) bond motifs is 1. The number of halogens is 4. The molecule has 0 fully saturated rings. The van der Waals surface area contributed by atoms with Gasteiger partial charge in [-0.2, -0.15) is 13.2 Å². The minimum absolute atomic E-state index is 0.173. The number of ketones is 1. The van der Waals surface area contributed by atoms with Gasteiger partial charge < -0.3 is 4.90 Å². The fraction of sp³-hybridized carbons (Fsp3) is 0.273. The van der Waals surface area contributed by atoms with Gasteiger partial charge in [-0.25, -0.2) is 0 Å². The molecule has 1 amide bonds. The lowest BCUT2D eigenvalue weighted by molar-refractivity contribution is -0.114. The van der Waals surface area contributed by atoms with E-state index < -0.39 is 17.2 Å². The summed E-state index contributed by atoms with van der Waals surface area (Å²) in [5, 5.41) is 0.315. The predicted molar refractivity (Wildman–Crippen MR) is 66.6 cm³/mol. The Kier molecular flexibility index (Phi) is 3.78. The van der Waals surface area contributed by atoms with Crippen molar-refractivity contribution in [3.63, 3.8) is 0 Å². The van der Waals surface area contributed by atoms with Gasteiger partial charge in [0, 0.05) is 17.3 Å². The van der Waals surface area contributed by atoms with Gasteiger partial charge in [0.2, 0.25) is 0 Å². The third kappa shape index (κ3) is 3.03. The quantitative estimate of drug-likeness (QED) is 0.805. The van der Waals surface area contributed by atoms with Gasteiger partial charge in [-0.3, -0.25) is 9.59 Å². The number of rotatable bonds is 3. The number of hydrogen-bond donors (Lipinski definition) is 0. The molecule has 3 nitrogen and oxygen atoms in total. The van der Waals surface area contributed by atoms with Crippen molar-refractivity contribution in [1.82, 2.24) is 0 Å². The van der Waals surface area contributed by atoms with E-state index in [2.05, 4.69) is 0 Å². The second-order valence-corrected chi connectivity index (χ2v) is 5.34. The molecule has 19 heavy (non-hydrogen) atoms. The first kappa shape index (κ1) is 14.2. The molecule has 1 heterocycles. The molecule has 0 radical (unpaired) electrons. The number of amides is 1. The highest BCUT2D eigenvalue weighted by Gasteiger charge is 2.36.